The second kappa shape index (κ2) is 4.77. The summed E-state index contributed by atoms with van der Waals surface area (Å²) in [7, 11) is 0. The fraction of sp³-hybridized carbons (Fsp3) is 0.500. The smallest absolute Gasteiger partial charge is 0.260 e. The minimum Gasteiger partial charge on any atom is -0.332 e. The molecule has 2 saturated heterocycles. The van der Waals surface area contributed by atoms with Gasteiger partial charge in [-0.05, 0) is 25.7 Å². The molecule has 0 saturated carbocycles. The van der Waals surface area contributed by atoms with Gasteiger partial charge in [0.2, 0.25) is 0 Å². The molecular formula is C14H15F3N2O. The van der Waals surface area contributed by atoms with Crippen LogP contribution in [0.3, 0.4) is 0 Å². The molecule has 108 valence electrons. The van der Waals surface area contributed by atoms with Crippen LogP contribution in [0.1, 0.15) is 36.0 Å². The Bertz CT molecular complexity index is 526. The number of hydrogen-bond acceptors (Lipinski definition) is 2. The summed E-state index contributed by atoms with van der Waals surface area (Å²) in [6, 6.07) is 0.960. The lowest BCUT2D eigenvalue weighted by Crippen LogP contribution is -2.50. The summed E-state index contributed by atoms with van der Waals surface area (Å²) in [6.07, 6.45) is 2.89. The normalized spacial score (nSPS) is 28.8. The third-order valence-corrected chi connectivity index (χ3v) is 4.22. The molecule has 0 aliphatic carbocycles. The van der Waals surface area contributed by atoms with Gasteiger partial charge in [0.1, 0.15) is 23.0 Å². The summed E-state index contributed by atoms with van der Waals surface area (Å²) in [5.74, 6) is -4.02. The van der Waals surface area contributed by atoms with Gasteiger partial charge in [0.25, 0.3) is 5.91 Å². The SMILES string of the molecule is NC1CC2CCC(C1)N2C(=O)c1c(F)cc(F)cc1F. The van der Waals surface area contributed by atoms with E-state index in [9.17, 15) is 18.0 Å². The van der Waals surface area contributed by atoms with Gasteiger partial charge in [-0.15, -0.1) is 0 Å². The third-order valence-electron chi connectivity index (χ3n) is 4.22. The first-order valence-electron chi connectivity index (χ1n) is 6.70. The minimum atomic E-state index is -1.15. The number of amides is 1. The van der Waals surface area contributed by atoms with Crippen molar-refractivity contribution < 1.29 is 18.0 Å². The van der Waals surface area contributed by atoms with Gasteiger partial charge in [-0.25, -0.2) is 13.2 Å². The fourth-order valence-corrected chi connectivity index (χ4v) is 3.43. The molecular weight excluding hydrogens is 269 g/mol. The minimum absolute atomic E-state index is 0.0273. The zero-order valence-corrected chi connectivity index (χ0v) is 10.8. The Kier molecular flexibility index (Phi) is 3.20. The molecule has 6 heteroatoms. The third kappa shape index (κ3) is 2.08. The van der Waals surface area contributed by atoms with Crippen molar-refractivity contribution in [3.05, 3.63) is 35.1 Å². The molecule has 0 radical (unpaired) electrons. The molecule has 0 spiro atoms. The maximum absolute atomic E-state index is 13.7. The summed E-state index contributed by atoms with van der Waals surface area (Å²) in [6.45, 7) is 0. The predicted octanol–water partition coefficient (Wildman–Crippen LogP) is 2.20. The molecule has 2 N–H and O–H groups in total. The highest BCUT2D eigenvalue weighted by Crippen LogP contribution is 2.36. The number of rotatable bonds is 1. The highest BCUT2D eigenvalue weighted by molar-refractivity contribution is 5.95. The molecule has 2 atom stereocenters. The van der Waals surface area contributed by atoms with Gasteiger partial charge >= 0.3 is 0 Å². The van der Waals surface area contributed by atoms with Crippen molar-refractivity contribution in [2.75, 3.05) is 0 Å². The van der Waals surface area contributed by atoms with Gasteiger partial charge in [-0.1, -0.05) is 0 Å². The number of benzene rings is 1. The average Bonchev–Trinajstić information content (AvgIpc) is 2.60. The number of halogens is 3. The van der Waals surface area contributed by atoms with Crippen LogP contribution in [0.4, 0.5) is 13.2 Å². The number of nitrogens with two attached hydrogens (primary N) is 1. The highest BCUT2D eigenvalue weighted by atomic mass is 19.1. The summed E-state index contributed by atoms with van der Waals surface area (Å²) in [5, 5.41) is 0. The number of carbonyl (C=O) groups is 1. The number of piperidine rings is 1. The lowest BCUT2D eigenvalue weighted by Gasteiger charge is -2.37. The van der Waals surface area contributed by atoms with Crippen molar-refractivity contribution in [1.82, 2.24) is 4.90 Å². The molecule has 20 heavy (non-hydrogen) atoms. The van der Waals surface area contributed by atoms with Crippen molar-refractivity contribution in [2.24, 2.45) is 5.73 Å². The number of hydrogen-bond donors (Lipinski definition) is 1. The van der Waals surface area contributed by atoms with Crippen LogP contribution in [-0.2, 0) is 0 Å². The van der Waals surface area contributed by atoms with Gasteiger partial charge in [-0.3, -0.25) is 4.79 Å². The molecule has 1 aromatic rings. The quantitative estimate of drug-likeness (QED) is 0.859. The molecule has 2 unspecified atom stereocenters. The second-order valence-corrected chi connectivity index (χ2v) is 5.57. The van der Waals surface area contributed by atoms with Crippen molar-refractivity contribution in [3.8, 4) is 0 Å². The molecule has 1 amide bonds. The Balaban J connectivity index is 1.94. The molecule has 2 heterocycles. The van der Waals surface area contributed by atoms with Gasteiger partial charge in [0, 0.05) is 30.3 Å². The van der Waals surface area contributed by atoms with E-state index in [1.807, 2.05) is 0 Å². The van der Waals surface area contributed by atoms with Crippen molar-refractivity contribution in [1.29, 1.82) is 0 Å². The van der Waals surface area contributed by atoms with Gasteiger partial charge in [0.05, 0.1) is 0 Å². The molecule has 0 aromatic heterocycles. The van der Waals surface area contributed by atoms with Crippen molar-refractivity contribution >= 4 is 5.91 Å². The lowest BCUT2D eigenvalue weighted by molar-refractivity contribution is 0.0565. The Morgan fingerprint density at radius 2 is 1.60 bits per heavy atom. The molecule has 2 fully saturated rings. The second-order valence-electron chi connectivity index (χ2n) is 5.57. The van der Waals surface area contributed by atoms with E-state index >= 15 is 0 Å². The molecule has 2 bridgehead atoms. The Hall–Kier alpha value is -1.56. The van der Waals surface area contributed by atoms with Gasteiger partial charge in [-0.2, -0.15) is 0 Å². The van der Waals surface area contributed by atoms with E-state index in [1.165, 1.54) is 4.90 Å². The average molecular weight is 284 g/mol. The predicted molar refractivity (Wildman–Crippen MR) is 66.5 cm³/mol. The molecule has 2 aliphatic rings. The molecule has 2 aliphatic heterocycles. The fourth-order valence-electron chi connectivity index (χ4n) is 3.43. The Labute approximate surface area is 114 Å². The van der Waals surface area contributed by atoms with E-state index in [1.54, 1.807) is 0 Å². The number of fused-ring (bicyclic) bond motifs is 2. The number of nitrogens with zero attached hydrogens (tertiary/aromatic N) is 1. The van der Waals surface area contributed by atoms with E-state index in [-0.39, 0.29) is 18.1 Å². The van der Waals surface area contributed by atoms with Crippen molar-refractivity contribution in [3.63, 3.8) is 0 Å². The van der Waals surface area contributed by atoms with E-state index in [4.69, 9.17) is 5.73 Å². The summed E-state index contributed by atoms with van der Waals surface area (Å²) in [5.41, 5.74) is 5.23. The van der Waals surface area contributed by atoms with Crippen LogP contribution in [0.15, 0.2) is 12.1 Å². The van der Waals surface area contributed by atoms with Crippen LogP contribution in [0.25, 0.3) is 0 Å². The van der Waals surface area contributed by atoms with Crippen LogP contribution >= 0.6 is 0 Å². The number of carbonyl (C=O) groups excluding carboxylic acids is 1. The van der Waals surface area contributed by atoms with Crippen molar-refractivity contribution in [2.45, 2.75) is 43.8 Å². The van der Waals surface area contributed by atoms with Crippen LogP contribution < -0.4 is 5.73 Å². The van der Waals surface area contributed by atoms with E-state index in [2.05, 4.69) is 0 Å². The van der Waals surface area contributed by atoms with Gasteiger partial charge < -0.3 is 10.6 Å². The Morgan fingerprint density at radius 1 is 1.10 bits per heavy atom. The largest absolute Gasteiger partial charge is 0.332 e. The van der Waals surface area contributed by atoms with E-state index in [0.717, 1.165) is 12.8 Å². The zero-order chi connectivity index (χ0) is 14.4. The monoisotopic (exact) mass is 284 g/mol. The first-order valence-corrected chi connectivity index (χ1v) is 6.70. The van der Waals surface area contributed by atoms with Crippen LogP contribution in [-0.4, -0.2) is 28.9 Å². The standard InChI is InChI=1S/C14H15F3N2O/c15-7-3-11(16)13(12(17)4-7)14(20)19-9-1-2-10(19)6-8(18)5-9/h3-4,8-10H,1-2,5-6,18H2. The zero-order valence-electron chi connectivity index (χ0n) is 10.8. The summed E-state index contributed by atoms with van der Waals surface area (Å²) >= 11 is 0. The maximum atomic E-state index is 13.7. The van der Waals surface area contributed by atoms with Crippen LogP contribution in [0, 0.1) is 17.5 Å². The maximum Gasteiger partial charge on any atom is 0.260 e. The summed E-state index contributed by atoms with van der Waals surface area (Å²) < 4.78 is 40.3. The first kappa shape index (κ1) is 13.4. The molecule has 3 nitrogen and oxygen atoms in total. The highest BCUT2D eigenvalue weighted by Gasteiger charge is 2.43. The first-order chi connectivity index (χ1) is 9.47. The van der Waals surface area contributed by atoms with Crippen LogP contribution in [0.5, 0.6) is 0 Å². The van der Waals surface area contributed by atoms with E-state index in [0.29, 0.717) is 25.0 Å². The topological polar surface area (TPSA) is 46.3 Å². The van der Waals surface area contributed by atoms with Gasteiger partial charge in [0.15, 0.2) is 0 Å². The molecule has 1 aromatic carbocycles. The Morgan fingerprint density at radius 3 is 2.10 bits per heavy atom. The lowest BCUT2D eigenvalue weighted by atomic mass is 9.97. The summed E-state index contributed by atoms with van der Waals surface area (Å²) in [4.78, 5) is 13.9. The molecule has 3 rings (SSSR count). The van der Waals surface area contributed by atoms with E-state index < -0.39 is 28.9 Å². The van der Waals surface area contributed by atoms with Crippen LogP contribution in [0.2, 0.25) is 0 Å².